The Morgan fingerprint density at radius 1 is 0.762 bits per heavy atom. The number of nitrogens with zero attached hydrogens (tertiary/aromatic N) is 6. The van der Waals surface area contributed by atoms with Crippen LogP contribution in [0.3, 0.4) is 0 Å². The largest absolute Gasteiger partial charge is 0.363 e. The van der Waals surface area contributed by atoms with Gasteiger partial charge in [0.1, 0.15) is 8.64 Å². The van der Waals surface area contributed by atoms with Gasteiger partial charge in [-0.05, 0) is 23.5 Å². The first-order chi connectivity index (χ1) is 9.70. The summed E-state index contributed by atoms with van der Waals surface area (Å²) in [4.78, 5) is 18.7. The average molecular weight is 363 g/mol. The summed E-state index contributed by atoms with van der Waals surface area (Å²) in [6.45, 7) is 0. The molecule has 0 bridgehead atoms. The summed E-state index contributed by atoms with van der Waals surface area (Å²) in [6.07, 6.45) is 0. The zero-order chi connectivity index (χ0) is 16.2. The molecule has 0 aliphatic rings. The second-order valence-corrected chi connectivity index (χ2v) is 7.82. The standard InChI is InChI=1S/C11H18N6S4/c1-15(2)7-12-8(20-10(18)16(3)4)14-9(13-7)21-11(19)17(5)6/h1-6H3. The summed E-state index contributed by atoms with van der Waals surface area (Å²) in [7, 11) is 11.3. The summed E-state index contributed by atoms with van der Waals surface area (Å²) < 4.78 is 1.38. The Bertz CT molecular complexity index is 491. The van der Waals surface area contributed by atoms with E-state index in [2.05, 4.69) is 15.0 Å². The van der Waals surface area contributed by atoms with Gasteiger partial charge in [-0.1, -0.05) is 24.4 Å². The molecule has 1 rings (SSSR count). The van der Waals surface area contributed by atoms with E-state index in [1.54, 1.807) is 0 Å². The van der Waals surface area contributed by atoms with Crippen LogP contribution in [0.15, 0.2) is 10.3 Å². The van der Waals surface area contributed by atoms with Gasteiger partial charge in [0, 0.05) is 42.3 Å². The topological polar surface area (TPSA) is 48.4 Å². The van der Waals surface area contributed by atoms with Crippen molar-refractivity contribution in [3.05, 3.63) is 0 Å². The van der Waals surface area contributed by atoms with Crippen molar-refractivity contribution in [2.24, 2.45) is 0 Å². The molecule has 0 saturated heterocycles. The van der Waals surface area contributed by atoms with Gasteiger partial charge >= 0.3 is 0 Å². The lowest BCUT2D eigenvalue weighted by atomic mass is 10.8. The second-order valence-electron chi connectivity index (χ2n) is 4.62. The zero-order valence-corrected chi connectivity index (χ0v) is 16.1. The normalized spacial score (nSPS) is 10.2. The quantitative estimate of drug-likeness (QED) is 0.588. The molecule has 0 saturated carbocycles. The molecule has 0 aromatic carbocycles. The molecule has 10 heteroatoms. The lowest BCUT2D eigenvalue weighted by molar-refractivity contribution is 0.646. The number of hydrogen-bond acceptors (Lipinski definition) is 8. The van der Waals surface area contributed by atoms with E-state index in [1.165, 1.54) is 23.5 Å². The summed E-state index contributed by atoms with van der Waals surface area (Å²) in [5, 5.41) is 1.13. The molecule has 1 aromatic rings. The molecule has 1 heterocycles. The van der Waals surface area contributed by atoms with E-state index < -0.39 is 0 Å². The first-order valence-electron chi connectivity index (χ1n) is 5.92. The van der Waals surface area contributed by atoms with Crippen LogP contribution in [0.1, 0.15) is 0 Å². The van der Waals surface area contributed by atoms with Crippen LogP contribution in [0.25, 0.3) is 0 Å². The molecule has 0 N–H and O–H groups in total. The Kier molecular flexibility index (Phi) is 7.04. The van der Waals surface area contributed by atoms with Crippen molar-refractivity contribution in [2.45, 2.75) is 10.3 Å². The molecule has 0 unspecified atom stereocenters. The van der Waals surface area contributed by atoms with Gasteiger partial charge in [0.05, 0.1) is 0 Å². The Balaban J connectivity index is 3.06. The van der Waals surface area contributed by atoms with E-state index in [4.69, 9.17) is 24.4 Å². The molecule has 0 radical (unpaired) electrons. The predicted molar refractivity (Wildman–Crippen MR) is 98.4 cm³/mol. The maximum atomic E-state index is 5.28. The molecular weight excluding hydrogens is 344 g/mol. The molecule has 21 heavy (non-hydrogen) atoms. The van der Waals surface area contributed by atoms with Gasteiger partial charge in [0.2, 0.25) is 16.3 Å². The van der Waals surface area contributed by atoms with E-state index in [9.17, 15) is 0 Å². The lowest BCUT2D eigenvalue weighted by Crippen LogP contribution is -2.19. The molecule has 0 fully saturated rings. The number of thioether (sulfide) groups is 2. The number of anilines is 1. The van der Waals surface area contributed by atoms with Crippen LogP contribution in [-0.2, 0) is 0 Å². The van der Waals surface area contributed by atoms with Crippen LogP contribution < -0.4 is 4.90 Å². The zero-order valence-electron chi connectivity index (χ0n) is 12.8. The molecule has 6 nitrogen and oxygen atoms in total. The van der Waals surface area contributed by atoms with E-state index in [-0.39, 0.29) is 0 Å². The minimum absolute atomic E-state index is 0.566. The Labute approximate surface area is 144 Å². The third kappa shape index (κ3) is 5.89. The minimum atomic E-state index is 0.566. The van der Waals surface area contributed by atoms with Gasteiger partial charge in [-0.3, -0.25) is 0 Å². The summed E-state index contributed by atoms with van der Waals surface area (Å²) in [6, 6.07) is 0. The minimum Gasteiger partial charge on any atom is -0.363 e. The number of hydrogen-bond donors (Lipinski definition) is 0. The maximum Gasteiger partial charge on any atom is 0.229 e. The fourth-order valence-electron chi connectivity index (χ4n) is 0.958. The molecule has 0 spiro atoms. The van der Waals surface area contributed by atoms with Gasteiger partial charge in [-0.15, -0.1) is 0 Å². The van der Waals surface area contributed by atoms with E-state index >= 15 is 0 Å². The van der Waals surface area contributed by atoms with Gasteiger partial charge in [-0.25, -0.2) is 0 Å². The smallest absolute Gasteiger partial charge is 0.229 e. The van der Waals surface area contributed by atoms with Crippen molar-refractivity contribution in [3.8, 4) is 0 Å². The van der Waals surface area contributed by atoms with Crippen molar-refractivity contribution in [1.29, 1.82) is 0 Å². The maximum absolute atomic E-state index is 5.28. The van der Waals surface area contributed by atoms with Crippen molar-refractivity contribution < 1.29 is 0 Å². The van der Waals surface area contributed by atoms with Crippen LogP contribution in [0.5, 0.6) is 0 Å². The van der Waals surface area contributed by atoms with Crippen LogP contribution in [0.2, 0.25) is 0 Å². The van der Waals surface area contributed by atoms with Crippen molar-refractivity contribution in [1.82, 2.24) is 24.8 Å². The average Bonchev–Trinajstić information content (AvgIpc) is 2.37. The summed E-state index contributed by atoms with van der Waals surface area (Å²) in [5.74, 6) is 0.582. The fourth-order valence-corrected chi connectivity index (χ4v) is 2.66. The Hall–Kier alpha value is -0.710. The van der Waals surface area contributed by atoms with Gasteiger partial charge in [0.25, 0.3) is 0 Å². The molecule has 116 valence electrons. The fraction of sp³-hybridized carbons (Fsp3) is 0.545. The van der Waals surface area contributed by atoms with E-state index in [0.717, 1.165) is 0 Å². The van der Waals surface area contributed by atoms with Gasteiger partial charge in [0.15, 0.2) is 0 Å². The number of aromatic nitrogens is 3. The second kappa shape index (κ2) is 8.06. The summed E-state index contributed by atoms with van der Waals surface area (Å²) >= 11 is 13.2. The third-order valence-corrected chi connectivity index (χ3v) is 5.11. The Morgan fingerprint density at radius 2 is 1.14 bits per heavy atom. The predicted octanol–water partition coefficient (Wildman–Crippen LogP) is 1.81. The van der Waals surface area contributed by atoms with E-state index in [1.807, 2.05) is 57.0 Å². The Morgan fingerprint density at radius 3 is 1.43 bits per heavy atom. The van der Waals surface area contributed by atoms with Crippen LogP contribution in [0.4, 0.5) is 5.95 Å². The van der Waals surface area contributed by atoms with Crippen molar-refractivity contribution in [3.63, 3.8) is 0 Å². The molecule has 0 aliphatic heterocycles. The monoisotopic (exact) mass is 362 g/mol. The SMILES string of the molecule is CN(C)C(=S)Sc1nc(SC(=S)N(C)C)nc(N(C)C)n1. The number of thiocarbonyl (C=S) groups is 2. The first-order valence-corrected chi connectivity index (χ1v) is 8.37. The highest BCUT2D eigenvalue weighted by atomic mass is 32.2. The van der Waals surface area contributed by atoms with E-state index in [0.29, 0.717) is 24.9 Å². The third-order valence-electron chi connectivity index (χ3n) is 2.07. The van der Waals surface area contributed by atoms with Crippen molar-refractivity contribution in [2.75, 3.05) is 47.2 Å². The first kappa shape index (κ1) is 18.3. The highest BCUT2D eigenvalue weighted by molar-refractivity contribution is 8.23. The molecular formula is C11H18N6S4. The van der Waals surface area contributed by atoms with Gasteiger partial charge in [-0.2, -0.15) is 15.0 Å². The molecule has 1 aromatic heterocycles. The number of rotatable bonds is 3. The van der Waals surface area contributed by atoms with Crippen LogP contribution in [0, 0.1) is 0 Å². The van der Waals surface area contributed by atoms with Crippen molar-refractivity contribution >= 4 is 62.5 Å². The van der Waals surface area contributed by atoms with Gasteiger partial charge < -0.3 is 14.7 Å². The van der Waals surface area contributed by atoms with Crippen LogP contribution >= 0.6 is 48.0 Å². The highest BCUT2D eigenvalue weighted by Gasteiger charge is 2.14. The summed E-state index contributed by atoms with van der Waals surface area (Å²) in [5.41, 5.74) is 0. The highest BCUT2D eigenvalue weighted by Crippen LogP contribution is 2.24. The molecule has 0 amide bonds. The lowest BCUT2D eigenvalue weighted by Gasteiger charge is -2.16. The molecule has 0 aliphatic carbocycles. The molecule has 0 atom stereocenters. The van der Waals surface area contributed by atoms with Crippen LogP contribution in [-0.4, -0.2) is 75.7 Å².